The van der Waals surface area contributed by atoms with Gasteiger partial charge in [0.2, 0.25) is 0 Å². The number of rotatable bonds is 3. The number of hydrogen-bond donors (Lipinski definition) is 0. The van der Waals surface area contributed by atoms with E-state index >= 15 is 0 Å². The Hall–Kier alpha value is -1.77. The zero-order valence-corrected chi connectivity index (χ0v) is 9.84. The summed E-state index contributed by atoms with van der Waals surface area (Å²) >= 11 is 0. The van der Waals surface area contributed by atoms with E-state index < -0.39 is 0 Å². The quantitative estimate of drug-likeness (QED) is 0.788. The van der Waals surface area contributed by atoms with Crippen molar-refractivity contribution in [2.45, 2.75) is 19.8 Å². The van der Waals surface area contributed by atoms with Crippen molar-refractivity contribution in [1.29, 1.82) is 0 Å². The van der Waals surface area contributed by atoms with Crippen LogP contribution in [-0.2, 0) is 0 Å². The maximum atomic E-state index is 5.19. The topological polar surface area (TPSA) is 27.1 Å². The number of methoxy groups -OCH3 is 1. The van der Waals surface area contributed by atoms with Gasteiger partial charge >= 0.3 is 0 Å². The molecule has 0 fully saturated rings. The highest BCUT2D eigenvalue weighted by Crippen LogP contribution is 2.18. The smallest absolute Gasteiger partial charge is 0.121 e. The maximum absolute atomic E-state index is 5.19. The van der Waals surface area contributed by atoms with E-state index in [1.54, 1.807) is 7.11 Å². The predicted molar refractivity (Wildman–Crippen MR) is 64.2 cm³/mol. The van der Waals surface area contributed by atoms with E-state index in [1.165, 1.54) is 0 Å². The first-order valence-corrected chi connectivity index (χ1v) is 5.40. The van der Waals surface area contributed by atoms with Gasteiger partial charge in [0, 0.05) is 12.3 Å². The van der Waals surface area contributed by atoms with Crippen molar-refractivity contribution in [3.8, 4) is 11.4 Å². The monoisotopic (exact) mass is 216 g/mol. The van der Waals surface area contributed by atoms with Gasteiger partial charge in [-0.05, 0) is 24.1 Å². The summed E-state index contributed by atoms with van der Waals surface area (Å²) < 4.78 is 7.06. The zero-order valence-electron chi connectivity index (χ0n) is 9.84. The Morgan fingerprint density at radius 3 is 2.69 bits per heavy atom. The van der Waals surface area contributed by atoms with Crippen LogP contribution in [0.3, 0.4) is 0 Å². The lowest BCUT2D eigenvalue weighted by Crippen LogP contribution is -1.97. The van der Waals surface area contributed by atoms with Crippen molar-refractivity contribution in [2.24, 2.45) is 0 Å². The fourth-order valence-corrected chi connectivity index (χ4v) is 1.54. The Morgan fingerprint density at radius 2 is 2.06 bits per heavy atom. The molecule has 0 bridgehead atoms. The minimum Gasteiger partial charge on any atom is -0.497 e. The predicted octanol–water partition coefficient (Wildman–Crippen LogP) is 3.00. The van der Waals surface area contributed by atoms with E-state index in [-0.39, 0.29) is 0 Å². The lowest BCUT2D eigenvalue weighted by atomic mass is 10.1. The minimum atomic E-state index is 0.451. The van der Waals surface area contributed by atoms with Crippen molar-refractivity contribution in [3.05, 3.63) is 42.2 Å². The third-order valence-electron chi connectivity index (χ3n) is 2.52. The van der Waals surface area contributed by atoms with Crippen LogP contribution in [0.2, 0.25) is 0 Å². The van der Waals surface area contributed by atoms with Crippen LogP contribution in [0.5, 0.6) is 5.75 Å². The molecule has 0 unspecified atom stereocenters. The van der Waals surface area contributed by atoms with Gasteiger partial charge in [-0.25, -0.2) is 4.68 Å². The second kappa shape index (κ2) is 4.39. The van der Waals surface area contributed by atoms with E-state index in [0.29, 0.717) is 5.92 Å². The van der Waals surface area contributed by atoms with Gasteiger partial charge in [-0.3, -0.25) is 0 Å². The fraction of sp³-hybridized carbons (Fsp3) is 0.308. The van der Waals surface area contributed by atoms with Gasteiger partial charge in [-0.1, -0.05) is 19.9 Å². The van der Waals surface area contributed by atoms with Gasteiger partial charge in [0.05, 0.1) is 18.5 Å². The molecule has 0 amide bonds. The van der Waals surface area contributed by atoms with Gasteiger partial charge in [0.25, 0.3) is 0 Å². The lowest BCUT2D eigenvalue weighted by Gasteiger charge is -2.04. The van der Waals surface area contributed by atoms with Crippen molar-refractivity contribution in [3.63, 3.8) is 0 Å². The molecule has 3 nitrogen and oxygen atoms in total. The summed E-state index contributed by atoms with van der Waals surface area (Å²) in [6, 6.07) is 9.92. The molecule has 0 aliphatic rings. The van der Waals surface area contributed by atoms with E-state index in [1.807, 2.05) is 41.2 Å². The molecule has 0 spiro atoms. The average Bonchev–Trinajstić information content (AvgIpc) is 2.78. The summed E-state index contributed by atoms with van der Waals surface area (Å²) in [6.45, 7) is 4.27. The first kappa shape index (κ1) is 10.7. The third-order valence-corrected chi connectivity index (χ3v) is 2.52. The van der Waals surface area contributed by atoms with E-state index in [2.05, 4.69) is 18.9 Å². The number of benzene rings is 1. The molecule has 0 radical (unpaired) electrons. The number of aromatic nitrogens is 2. The molecule has 0 aliphatic carbocycles. The molecule has 3 heteroatoms. The molecular formula is C13H16N2O. The first-order chi connectivity index (χ1) is 7.70. The van der Waals surface area contributed by atoms with E-state index in [0.717, 1.165) is 17.1 Å². The van der Waals surface area contributed by atoms with Gasteiger partial charge in [0.1, 0.15) is 5.75 Å². The molecule has 0 atom stereocenters. The Bertz CT molecular complexity index is 474. The molecule has 0 saturated carbocycles. The second-order valence-corrected chi connectivity index (χ2v) is 4.04. The molecule has 0 N–H and O–H groups in total. The van der Waals surface area contributed by atoms with Crippen LogP contribution in [0.15, 0.2) is 36.5 Å². The van der Waals surface area contributed by atoms with E-state index in [4.69, 9.17) is 4.74 Å². The molecule has 0 saturated heterocycles. The van der Waals surface area contributed by atoms with Crippen LogP contribution in [0.1, 0.15) is 25.5 Å². The fourth-order valence-electron chi connectivity index (χ4n) is 1.54. The van der Waals surface area contributed by atoms with E-state index in [9.17, 15) is 0 Å². The Kier molecular flexibility index (Phi) is 2.95. The number of ether oxygens (including phenoxy) is 1. The molecule has 16 heavy (non-hydrogen) atoms. The molecular weight excluding hydrogens is 200 g/mol. The Labute approximate surface area is 95.7 Å². The first-order valence-electron chi connectivity index (χ1n) is 5.40. The van der Waals surface area contributed by atoms with Gasteiger partial charge in [-0.15, -0.1) is 0 Å². The summed E-state index contributed by atoms with van der Waals surface area (Å²) in [7, 11) is 1.67. The molecule has 2 aromatic rings. The highest BCUT2D eigenvalue weighted by molar-refractivity contribution is 5.38. The standard InChI is InChI=1S/C13H16N2O/c1-10(2)13-7-8-15(14-13)11-5-4-6-12(9-11)16-3/h4-10H,1-3H3. The zero-order chi connectivity index (χ0) is 11.5. The van der Waals surface area contributed by atoms with Crippen LogP contribution < -0.4 is 4.74 Å². The van der Waals surface area contributed by atoms with Crippen LogP contribution >= 0.6 is 0 Å². The molecule has 2 rings (SSSR count). The van der Waals surface area contributed by atoms with Crippen molar-refractivity contribution in [1.82, 2.24) is 9.78 Å². The number of nitrogens with zero attached hydrogens (tertiary/aromatic N) is 2. The van der Waals surface area contributed by atoms with Crippen molar-refractivity contribution >= 4 is 0 Å². The van der Waals surface area contributed by atoms with Gasteiger partial charge in [0.15, 0.2) is 0 Å². The molecule has 1 aromatic carbocycles. The normalized spacial score (nSPS) is 10.8. The van der Waals surface area contributed by atoms with Crippen LogP contribution in [0, 0.1) is 0 Å². The maximum Gasteiger partial charge on any atom is 0.121 e. The molecule has 0 aliphatic heterocycles. The van der Waals surface area contributed by atoms with Gasteiger partial charge in [-0.2, -0.15) is 5.10 Å². The Morgan fingerprint density at radius 1 is 1.25 bits per heavy atom. The average molecular weight is 216 g/mol. The third kappa shape index (κ3) is 2.08. The van der Waals surface area contributed by atoms with Crippen molar-refractivity contribution < 1.29 is 4.74 Å². The number of hydrogen-bond acceptors (Lipinski definition) is 2. The highest BCUT2D eigenvalue weighted by atomic mass is 16.5. The summed E-state index contributed by atoms with van der Waals surface area (Å²) in [4.78, 5) is 0. The largest absolute Gasteiger partial charge is 0.497 e. The minimum absolute atomic E-state index is 0.451. The molecule has 1 aromatic heterocycles. The van der Waals surface area contributed by atoms with Crippen LogP contribution in [-0.4, -0.2) is 16.9 Å². The van der Waals surface area contributed by atoms with Crippen molar-refractivity contribution in [2.75, 3.05) is 7.11 Å². The summed E-state index contributed by atoms with van der Waals surface area (Å²) in [5.41, 5.74) is 2.12. The molecule has 1 heterocycles. The second-order valence-electron chi connectivity index (χ2n) is 4.04. The SMILES string of the molecule is COc1cccc(-n2ccc(C(C)C)n2)c1. The van der Waals surface area contributed by atoms with Crippen LogP contribution in [0.25, 0.3) is 5.69 Å². The summed E-state index contributed by atoms with van der Waals surface area (Å²) in [6.07, 6.45) is 1.98. The molecule has 84 valence electrons. The van der Waals surface area contributed by atoms with Crippen LogP contribution in [0.4, 0.5) is 0 Å². The van der Waals surface area contributed by atoms with Gasteiger partial charge < -0.3 is 4.74 Å². The highest BCUT2D eigenvalue weighted by Gasteiger charge is 2.05. The Balaban J connectivity index is 2.34. The lowest BCUT2D eigenvalue weighted by molar-refractivity contribution is 0.414. The summed E-state index contributed by atoms with van der Waals surface area (Å²) in [5.74, 6) is 1.30. The summed E-state index contributed by atoms with van der Waals surface area (Å²) in [5, 5.41) is 4.52.